The summed E-state index contributed by atoms with van der Waals surface area (Å²) in [7, 11) is 0. The van der Waals surface area contributed by atoms with Crippen LogP contribution in [0.1, 0.15) is 12.5 Å². The van der Waals surface area contributed by atoms with Crippen LogP contribution < -0.4 is 4.90 Å². The molecule has 0 aromatic heterocycles. The zero-order valence-corrected chi connectivity index (χ0v) is 9.63. The van der Waals surface area contributed by atoms with Gasteiger partial charge in [-0.3, -0.25) is 0 Å². The largest absolute Gasteiger partial charge is 0.369 e. The number of anilines is 1. The van der Waals surface area contributed by atoms with Gasteiger partial charge in [0.1, 0.15) is 6.07 Å². The predicted octanol–water partition coefficient (Wildman–Crippen LogP) is 2.50. The van der Waals surface area contributed by atoms with Crippen LogP contribution in [0.4, 0.5) is 5.69 Å². The number of hydrogen-bond donors (Lipinski definition) is 0. The van der Waals surface area contributed by atoms with Crippen molar-refractivity contribution in [2.45, 2.75) is 12.2 Å². The van der Waals surface area contributed by atoms with Gasteiger partial charge in [0.2, 0.25) is 0 Å². The Balaban J connectivity index is 2.25. The zero-order valence-electron chi connectivity index (χ0n) is 8.81. The van der Waals surface area contributed by atoms with Gasteiger partial charge in [0.15, 0.2) is 0 Å². The Kier molecular flexibility index (Phi) is 3.17. The molecule has 1 aliphatic rings. The fraction of sp³-hybridized carbons (Fsp3) is 0.417. The lowest BCUT2D eigenvalue weighted by atomic mass is 10.1. The van der Waals surface area contributed by atoms with Gasteiger partial charge < -0.3 is 4.90 Å². The number of hydrogen-bond acceptors (Lipinski definition) is 3. The maximum absolute atomic E-state index is 9.03. The molecular formula is C12H14N2S. The highest BCUT2D eigenvalue weighted by Gasteiger charge is 2.18. The molecule has 1 aromatic rings. The minimum Gasteiger partial charge on any atom is -0.369 e. The molecule has 0 amide bonds. The molecule has 1 unspecified atom stereocenters. The smallest absolute Gasteiger partial charge is 0.101 e. The standard InChI is InChI=1S/C12H14N2S/c1-10-9-14(6-7-15-10)12-5-3-2-4-11(12)8-13/h2-5,10H,6-7,9H2,1H3. The molecule has 1 atom stereocenters. The monoisotopic (exact) mass is 218 g/mol. The lowest BCUT2D eigenvalue weighted by molar-refractivity contribution is 0.782. The lowest BCUT2D eigenvalue weighted by Gasteiger charge is -2.32. The highest BCUT2D eigenvalue weighted by atomic mass is 32.2. The minimum absolute atomic E-state index is 0.658. The van der Waals surface area contributed by atoms with E-state index in [1.807, 2.05) is 36.0 Å². The SMILES string of the molecule is CC1CN(c2ccccc2C#N)CCS1. The molecule has 1 aromatic carbocycles. The lowest BCUT2D eigenvalue weighted by Crippen LogP contribution is -2.37. The number of thioether (sulfide) groups is 1. The first-order valence-corrected chi connectivity index (χ1v) is 6.22. The van der Waals surface area contributed by atoms with Gasteiger partial charge in [-0.15, -0.1) is 0 Å². The minimum atomic E-state index is 0.658. The molecule has 0 spiro atoms. The third kappa shape index (κ3) is 2.27. The summed E-state index contributed by atoms with van der Waals surface area (Å²) in [6.45, 7) is 4.34. The number of nitrogens with zero attached hydrogens (tertiary/aromatic N) is 2. The first-order chi connectivity index (χ1) is 7.31. The zero-order chi connectivity index (χ0) is 10.7. The van der Waals surface area contributed by atoms with Gasteiger partial charge in [-0.2, -0.15) is 17.0 Å². The quantitative estimate of drug-likeness (QED) is 0.724. The second-order valence-corrected chi connectivity index (χ2v) is 5.30. The molecule has 1 fully saturated rings. The van der Waals surface area contributed by atoms with E-state index in [0.717, 1.165) is 30.1 Å². The second kappa shape index (κ2) is 4.59. The van der Waals surface area contributed by atoms with E-state index in [1.54, 1.807) is 0 Å². The van der Waals surface area contributed by atoms with E-state index >= 15 is 0 Å². The fourth-order valence-electron chi connectivity index (χ4n) is 1.88. The summed E-state index contributed by atoms with van der Waals surface area (Å²) in [5.74, 6) is 1.15. The van der Waals surface area contributed by atoms with Crippen molar-refractivity contribution in [3.63, 3.8) is 0 Å². The van der Waals surface area contributed by atoms with Crippen LogP contribution in [0.25, 0.3) is 0 Å². The summed E-state index contributed by atoms with van der Waals surface area (Å²) in [6, 6.07) is 10.1. The normalized spacial score (nSPS) is 21.1. The molecule has 15 heavy (non-hydrogen) atoms. The molecule has 2 rings (SSSR count). The molecule has 1 heterocycles. The van der Waals surface area contributed by atoms with E-state index in [1.165, 1.54) is 0 Å². The van der Waals surface area contributed by atoms with Gasteiger partial charge in [0, 0.05) is 24.1 Å². The average Bonchev–Trinajstić information content (AvgIpc) is 2.29. The molecule has 3 heteroatoms. The average molecular weight is 218 g/mol. The molecule has 0 bridgehead atoms. The maximum atomic E-state index is 9.03. The van der Waals surface area contributed by atoms with Crippen LogP contribution in [0.5, 0.6) is 0 Å². The molecule has 2 nitrogen and oxygen atoms in total. The number of nitriles is 1. The Morgan fingerprint density at radius 3 is 3.00 bits per heavy atom. The molecular weight excluding hydrogens is 204 g/mol. The highest BCUT2D eigenvalue weighted by molar-refractivity contribution is 8.00. The first-order valence-electron chi connectivity index (χ1n) is 5.17. The van der Waals surface area contributed by atoms with Gasteiger partial charge >= 0.3 is 0 Å². The van der Waals surface area contributed by atoms with Crippen molar-refractivity contribution >= 4 is 17.4 Å². The van der Waals surface area contributed by atoms with Gasteiger partial charge in [0.05, 0.1) is 11.3 Å². The van der Waals surface area contributed by atoms with Gasteiger partial charge in [-0.1, -0.05) is 19.1 Å². The van der Waals surface area contributed by atoms with E-state index in [0.29, 0.717) is 5.25 Å². The van der Waals surface area contributed by atoms with Crippen LogP contribution in [-0.4, -0.2) is 24.1 Å². The molecule has 0 N–H and O–H groups in total. The van der Waals surface area contributed by atoms with Crippen molar-refractivity contribution < 1.29 is 0 Å². The third-order valence-corrected chi connectivity index (χ3v) is 3.74. The summed E-state index contributed by atoms with van der Waals surface area (Å²) in [4.78, 5) is 2.32. The summed E-state index contributed by atoms with van der Waals surface area (Å²) in [5.41, 5.74) is 1.88. The molecule has 0 aliphatic carbocycles. The molecule has 1 saturated heterocycles. The van der Waals surface area contributed by atoms with Gasteiger partial charge in [-0.05, 0) is 12.1 Å². The Morgan fingerprint density at radius 1 is 1.47 bits per heavy atom. The molecule has 1 aliphatic heterocycles. The van der Waals surface area contributed by atoms with Crippen molar-refractivity contribution in [1.82, 2.24) is 0 Å². The van der Waals surface area contributed by atoms with Crippen LogP contribution in [0.2, 0.25) is 0 Å². The maximum Gasteiger partial charge on any atom is 0.101 e. The number of rotatable bonds is 1. The highest BCUT2D eigenvalue weighted by Crippen LogP contribution is 2.26. The van der Waals surface area contributed by atoms with Crippen molar-refractivity contribution in [1.29, 1.82) is 5.26 Å². The predicted molar refractivity (Wildman–Crippen MR) is 65.3 cm³/mol. The van der Waals surface area contributed by atoms with E-state index in [9.17, 15) is 0 Å². The summed E-state index contributed by atoms with van der Waals surface area (Å²) >= 11 is 2.01. The molecule has 0 saturated carbocycles. The first kappa shape index (κ1) is 10.4. The summed E-state index contributed by atoms with van der Waals surface area (Å²) < 4.78 is 0. The van der Waals surface area contributed by atoms with E-state index < -0.39 is 0 Å². The van der Waals surface area contributed by atoms with Gasteiger partial charge in [0.25, 0.3) is 0 Å². The van der Waals surface area contributed by atoms with Crippen LogP contribution >= 0.6 is 11.8 Å². The Bertz CT molecular complexity index is 383. The van der Waals surface area contributed by atoms with Crippen LogP contribution in [0, 0.1) is 11.3 Å². The third-order valence-electron chi connectivity index (χ3n) is 2.61. The van der Waals surface area contributed by atoms with Crippen molar-refractivity contribution in [2.75, 3.05) is 23.7 Å². The van der Waals surface area contributed by atoms with Crippen molar-refractivity contribution in [3.8, 4) is 6.07 Å². The van der Waals surface area contributed by atoms with E-state index in [-0.39, 0.29) is 0 Å². The molecule has 78 valence electrons. The Labute approximate surface area is 94.9 Å². The van der Waals surface area contributed by atoms with Crippen molar-refractivity contribution in [3.05, 3.63) is 29.8 Å². The van der Waals surface area contributed by atoms with Crippen LogP contribution in [-0.2, 0) is 0 Å². The number of benzene rings is 1. The van der Waals surface area contributed by atoms with Crippen LogP contribution in [0.15, 0.2) is 24.3 Å². The number of para-hydroxylation sites is 1. The fourth-order valence-corrected chi connectivity index (χ4v) is 2.89. The second-order valence-electron chi connectivity index (χ2n) is 3.76. The summed E-state index contributed by atoms with van der Waals surface area (Å²) in [5, 5.41) is 9.69. The molecule has 0 radical (unpaired) electrons. The Hall–Kier alpha value is -1.14. The van der Waals surface area contributed by atoms with Crippen LogP contribution in [0.3, 0.4) is 0 Å². The van der Waals surface area contributed by atoms with E-state index in [2.05, 4.69) is 17.9 Å². The Morgan fingerprint density at radius 2 is 2.27 bits per heavy atom. The van der Waals surface area contributed by atoms with Crippen molar-refractivity contribution in [2.24, 2.45) is 0 Å². The summed E-state index contributed by atoms with van der Waals surface area (Å²) in [6.07, 6.45) is 0. The van der Waals surface area contributed by atoms with Gasteiger partial charge in [-0.25, -0.2) is 0 Å². The van der Waals surface area contributed by atoms with E-state index in [4.69, 9.17) is 5.26 Å². The topological polar surface area (TPSA) is 27.0 Å².